The predicted molar refractivity (Wildman–Crippen MR) is 79.9 cm³/mol. The fourth-order valence-corrected chi connectivity index (χ4v) is 2.89. The van der Waals surface area contributed by atoms with Crippen molar-refractivity contribution in [2.24, 2.45) is 11.7 Å². The van der Waals surface area contributed by atoms with Crippen LogP contribution in [0.25, 0.3) is 10.8 Å². The molecule has 0 saturated carbocycles. The highest BCUT2D eigenvalue weighted by Gasteiger charge is 2.34. The van der Waals surface area contributed by atoms with Crippen LogP contribution in [0.1, 0.15) is 12.8 Å². The molecular weight excluding hydrogens is 268 g/mol. The molecule has 1 unspecified atom stereocenters. The molecule has 2 aromatic carbocycles. The number of hydrogen-bond donors (Lipinski definition) is 2. The Balaban J connectivity index is 2.00. The number of nitrogens with zero attached hydrogens (tertiary/aromatic N) is 1. The number of nitrogens with two attached hydrogens (primary N) is 1. The van der Waals surface area contributed by atoms with Gasteiger partial charge in [-0.05, 0) is 30.0 Å². The van der Waals surface area contributed by atoms with Crippen LogP contribution in [0.5, 0.6) is 5.75 Å². The lowest BCUT2D eigenvalue weighted by molar-refractivity contribution is -0.125. The van der Waals surface area contributed by atoms with E-state index in [1.807, 2.05) is 24.3 Å². The third-order valence-electron chi connectivity index (χ3n) is 3.90. The number of hydrogen-bond acceptors (Lipinski definition) is 3. The number of anilines is 1. The molecule has 21 heavy (non-hydrogen) atoms. The molecule has 0 aliphatic carbocycles. The van der Waals surface area contributed by atoms with Gasteiger partial charge < -0.3 is 15.7 Å². The van der Waals surface area contributed by atoms with Crippen LogP contribution in [-0.2, 0) is 9.59 Å². The molecule has 5 nitrogen and oxygen atoms in total. The van der Waals surface area contributed by atoms with Crippen LogP contribution in [-0.4, -0.2) is 23.5 Å². The maximum Gasteiger partial charge on any atom is 0.230 e. The van der Waals surface area contributed by atoms with Crippen molar-refractivity contribution < 1.29 is 14.7 Å². The summed E-state index contributed by atoms with van der Waals surface area (Å²) >= 11 is 0. The summed E-state index contributed by atoms with van der Waals surface area (Å²) in [6.45, 7) is 0.561. The first-order valence-corrected chi connectivity index (χ1v) is 6.87. The van der Waals surface area contributed by atoms with Crippen LogP contribution in [0.3, 0.4) is 0 Å². The Bertz CT molecular complexity index is 727. The lowest BCUT2D eigenvalue weighted by Gasteiger charge is -2.19. The summed E-state index contributed by atoms with van der Waals surface area (Å²) in [5, 5.41) is 11.4. The van der Waals surface area contributed by atoms with Crippen molar-refractivity contribution in [3.63, 3.8) is 0 Å². The van der Waals surface area contributed by atoms with Crippen molar-refractivity contribution in [2.75, 3.05) is 11.4 Å². The molecule has 0 aromatic heterocycles. The molecular formula is C16H16N2O3. The van der Waals surface area contributed by atoms with E-state index < -0.39 is 5.91 Å². The molecule has 1 heterocycles. The van der Waals surface area contributed by atoms with Crippen molar-refractivity contribution in [1.29, 1.82) is 0 Å². The summed E-state index contributed by atoms with van der Waals surface area (Å²) in [5.41, 5.74) is 5.95. The molecule has 1 atom stereocenters. The molecule has 3 rings (SSSR count). The molecule has 0 bridgehead atoms. The van der Waals surface area contributed by atoms with Crippen LogP contribution >= 0.6 is 0 Å². The fraction of sp³-hybridized carbons (Fsp3) is 0.250. The number of aromatic hydroxyl groups is 1. The van der Waals surface area contributed by atoms with Gasteiger partial charge in [-0.25, -0.2) is 0 Å². The molecule has 0 spiro atoms. The van der Waals surface area contributed by atoms with Crippen LogP contribution in [0.15, 0.2) is 36.4 Å². The lowest BCUT2D eigenvalue weighted by Crippen LogP contribution is -2.29. The van der Waals surface area contributed by atoms with E-state index in [4.69, 9.17) is 5.73 Å². The Hall–Kier alpha value is -2.56. The molecule has 2 aromatic rings. The standard InChI is InChI=1S/C16H16N2O3/c17-15(20)8-11-6-7-18(16(11)21)14-3-1-2-10-4-5-12(19)9-13(10)14/h1-5,9,11,19H,6-8H2,(H2,17,20). The first-order valence-electron chi connectivity index (χ1n) is 6.87. The van der Waals surface area contributed by atoms with Gasteiger partial charge in [-0.1, -0.05) is 18.2 Å². The van der Waals surface area contributed by atoms with Gasteiger partial charge in [0, 0.05) is 24.3 Å². The number of phenolic OH excluding ortho intramolecular Hbond substituents is 1. The third-order valence-corrected chi connectivity index (χ3v) is 3.90. The summed E-state index contributed by atoms with van der Waals surface area (Å²) in [4.78, 5) is 25.1. The number of rotatable bonds is 3. The molecule has 1 fully saturated rings. The first kappa shape index (κ1) is 13.4. The van der Waals surface area contributed by atoms with E-state index in [1.54, 1.807) is 17.0 Å². The summed E-state index contributed by atoms with van der Waals surface area (Å²) in [6.07, 6.45) is 0.711. The minimum Gasteiger partial charge on any atom is -0.508 e. The normalized spacial score (nSPS) is 18.4. The zero-order chi connectivity index (χ0) is 15.0. The van der Waals surface area contributed by atoms with Crippen LogP contribution in [0.2, 0.25) is 0 Å². The Morgan fingerprint density at radius 1 is 1.33 bits per heavy atom. The van der Waals surface area contributed by atoms with E-state index >= 15 is 0 Å². The van der Waals surface area contributed by atoms with Gasteiger partial charge in [0.05, 0.1) is 5.69 Å². The van der Waals surface area contributed by atoms with E-state index in [1.165, 1.54) is 0 Å². The van der Waals surface area contributed by atoms with Crippen molar-refractivity contribution in [2.45, 2.75) is 12.8 Å². The molecule has 1 aliphatic rings. The highest BCUT2D eigenvalue weighted by atomic mass is 16.3. The highest BCUT2D eigenvalue weighted by molar-refractivity contribution is 6.06. The van der Waals surface area contributed by atoms with Gasteiger partial charge in [-0.2, -0.15) is 0 Å². The van der Waals surface area contributed by atoms with Gasteiger partial charge in [-0.15, -0.1) is 0 Å². The molecule has 5 heteroatoms. The van der Waals surface area contributed by atoms with Crippen LogP contribution in [0.4, 0.5) is 5.69 Å². The fourth-order valence-electron chi connectivity index (χ4n) is 2.89. The molecule has 1 aliphatic heterocycles. The Morgan fingerprint density at radius 2 is 2.14 bits per heavy atom. The number of primary amides is 1. The number of phenols is 1. The van der Waals surface area contributed by atoms with Gasteiger partial charge in [-0.3, -0.25) is 9.59 Å². The minimum atomic E-state index is -0.453. The second-order valence-corrected chi connectivity index (χ2v) is 5.33. The maximum atomic E-state index is 12.4. The number of carbonyl (C=O) groups excluding carboxylic acids is 2. The number of benzene rings is 2. The van der Waals surface area contributed by atoms with Crippen molar-refractivity contribution >= 4 is 28.3 Å². The zero-order valence-electron chi connectivity index (χ0n) is 11.5. The quantitative estimate of drug-likeness (QED) is 0.901. The van der Waals surface area contributed by atoms with Crippen LogP contribution < -0.4 is 10.6 Å². The van der Waals surface area contributed by atoms with E-state index in [0.29, 0.717) is 13.0 Å². The number of carbonyl (C=O) groups is 2. The summed E-state index contributed by atoms with van der Waals surface area (Å²) in [7, 11) is 0. The summed E-state index contributed by atoms with van der Waals surface area (Å²) in [6, 6.07) is 10.7. The largest absolute Gasteiger partial charge is 0.508 e. The smallest absolute Gasteiger partial charge is 0.230 e. The zero-order valence-corrected chi connectivity index (χ0v) is 11.5. The Kier molecular flexibility index (Phi) is 3.25. The van der Waals surface area contributed by atoms with Crippen molar-refractivity contribution in [1.82, 2.24) is 0 Å². The first-order chi connectivity index (χ1) is 10.1. The number of amides is 2. The average molecular weight is 284 g/mol. The lowest BCUT2D eigenvalue weighted by atomic mass is 10.0. The average Bonchev–Trinajstić information content (AvgIpc) is 2.79. The van der Waals surface area contributed by atoms with Crippen LogP contribution in [0, 0.1) is 5.92 Å². The maximum absolute atomic E-state index is 12.4. The Morgan fingerprint density at radius 3 is 2.90 bits per heavy atom. The molecule has 108 valence electrons. The third kappa shape index (κ3) is 2.42. The summed E-state index contributed by atoms with van der Waals surface area (Å²) < 4.78 is 0. The molecule has 0 radical (unpaired) electrons. The molecule has 2 amide bonds. The highest BCUT2D eigenvalue weighted by Crippen LogP contribution is 2.34. The minimum absolute atomic E-state index is 0.0790. The van der Waals surface area contributed by atoms with E-state index in [-0.39, 0.29) is 24.0 Å². The topological polar surface area (TPSA) is 83.6 Å². The van der Waals surface area contributed by atoms with E-state index in [2.05, 4.69) is 0 Å². The second kappa shape index (κ2) is 5.09. The van der Waals surface area contributed by atoms with Gasteiger partial charge >= 0.3 is 0 Å². The van der Waals surface area contributed by atoms with Gasteiger partial charge in [0.25, 0.3) is 0 Å². The van der Waals surface area contributed by atoms with Gasteiger partial charge in [0.1, 0.15) is 5.75 Å². The summed E-state index contributed by atoms with van der Waals surface area (Å²) in [5.74, 6) is -0.708. The number of fused-ring (bicyclic) bond motifs is 1. The Labute approximate surface area is 122 Å². The van der Waals surface area contributed by atoms with Crippen molar-refractivity contribution in [3.05, 3.63) is 36.4 Å². The predicted octanol–water partition coefficient (Wildman–Crippen LogP) is 1.77. The van der Waals surface area contributed by atoms with E-state index in [0.717, 1.165) is 16.5 Å². The second-order valence-electron chi connectivity index (χ2n) is 5.33. The SMILES string of the molecule is NC(=O)CC1CCN(c2cccc3ccc(O)cc23)C1=O. The van der Waals surface area contributed by atoms with Gasteiger partial charge in [0.15, 0.2) is 0 Å². The van der Waals surface area contributed by atoms with Gasteiger partial charge in [0.2, 0.25) is 11.8 Å². The van der Waals surface area contributed by atoms with Crippen molar-refractivity contribution in [3.8, 4) is 5.75 Å². The monoisotopic (exact) mass is 284 g/mol. The van der Waals surface area contributed by atoms with E-state index in [9.17, 15) is 14.7 Å². The molecule has 3 N–H and O–H groups in total. The molecule has 1 saturated heterocycles.